The summed E-state index contributed by atoms with van der Waals surface area (Å²) < 4.78 is 0. The van der Waals surface area contributed by atoms with Gasteiger partial charge in [-0.15, -0.1) is 0 Å². The van der Waals surface area contributed by atoms with E-state index in [-0.39, 0.29) is 75.2 Å². The van der Waals surface area contributed by atoms with Gasteiger partial charge in [-0.3, -0.25) is 0 Å². The van der Waals surface area contributed by atoms with E-state index in [0.29, 0.717) is 0 Å². The van der Waals surface area contributed by atoms with Crippen LogP contribution in [0.5, 0.6) is 0 Å². The van der Waals surface area contributed by atoms with Crippen LogP contribution in [-0.2, 0) is 32.0 Å². The molecule has 2 N–H and O–H groups in total. The summed E-state index contributed by atoms with van der Waals surface area (Å²) in [5, 5.41) is 14.8. The first-order valence-electron chi connectivity index (χ1n) is 1.11. The van der Waals surface area contributed by atoms with Crippen LogP contribution in [0.4, 0.5) is 0 Å². The standard InChI is InChI=1S/C2H2O4.K.Nb.H/c3-1(4)2(5)6;;;/h(H,3,4)(H,5,6);;;/q;+1;;-1. The average Bonchev–Trinajstić information content (AvgIpc) is 1.36. The van der Waals surface area contributed by atoms with Gasteiger partial charge in [0, 0.05) is 22.4 Å². The van der Waals surface area contributed by atoms with Crippen LogP contribution >= 0.6 is 0 Å². The molecule has 6 heteroatoms. The second-order valence-electron chi connectivity index (χ2n) is 0.610. The molecule has 0 amide bonds. The Hall–Kier alpha value is 1.32. The van der Waals surface area contributed by atoms with Gasteiger partial charge in [-0.05, 0) is 0 Å². The fraction of sp³-hybridized carbons (Fsp3) is 0. The topological polar surface area (TPSA) is 74.6 Å². The first kappa shape index (κ1) is 16.2. The summed E-state index contributed by atoms with van der Waals surface area (Å²) in [6.07, 6.45) is 0. The minimum Gasteiger partial charge on any atom is -1.00 e. The molecule has 0 bridgehead atoms. The van der Waals surface area contributed by atoms with Crippen LogP contribution in [0, 0.1) is 0 Å². The van der Waals surface area contributed by atoms with Crippen molar-refractivity contribution in [1.29, 1.82) is 0 Å². The van der Waals surface area contributed by atoms with Gasteiger partial charge in [0.15, 0.2) is 0 Å². The zero-order valence-corrected chi connectivity index (χ0v) is 9.48. The first-order chi connectivity index (χ1) is 2.64. The number of hydrogen-bond acceptors (Lipinski definition) is 2. The summed E-state index contributed by atoms with van der Waals surface area (Å²) in [5.41, 5.74) is 0. The molecule has 0 atom stereocenters. The minimum atomic E-state index is -1.82. The molecule has 0 aromatic carbocycles. The van der Waals surface area contributed by atoms with E-state index in [0.717, 1.165) is 0 Å². The van der Waals surface area contributed by atoms with Gasteiger partial charge in [0.1, 0.15) is 0 Å². The van der Waals surface area contributed by atoms with E-state index in [2.05, 4.69) is 0 Å². The Morgan fingerprint density at radius 2 is 1.25 bits per heavy atom. The first-order valence-corrected chi connectivity index (χ1v) is 1.11. The van der Waals surface area contributed by atoms with Crippen LogP contribution in [0.15, 0.2) is 0 Å². The summed E-state index contributed by atoms with van der Waals surface area (Å²) >= 11 is 0. The van der Waals surface area contributed by atoms with E-state index in [4.69, 9.17) is 19.8 Å². The average molecular weight is 223 g/mol. The molecule has 0 unspecified atom stereocenters. The maximum Gasteiger partial charge on any atom is 1.00 e. The molecular formula is C2H3KNbO4. The third kappa shape index (κ3) is 10.3. The van der Waals surface area contributed by atoms with Crippen molar-refractivity contribution in [3.05, 3.63) is 0 Å². The minimum absolute atomic E-state index is 0. The van der Waals surface area contributed by atoms with Crippen molar-refractivity contribution >= 4 is 11.9 Å². The van der Waals surface area contributed by atoms with E-state index in [9.17, 15) is 0 Å². The molecule has 41 valence electrons. The van der Waals surface area contributed by atoms with Crippen LogP contribution in [-0.4, -0.2) is 22.2 Å². The fourth-order valence-electron chi connectivity index (χ4n) is 0. The number of carboxylic acid groups (broad SMARTS) is 2. The zero-order valence-electron chi connectivity index (χ0n) is 5.16. The van der Waals surface area contributed by atoms with E-state index >= 15 is 0 Å². The van der Waals surface area contributed by atoms with E-state index in [1.165, 1.54) is 0 Å². The predicted octanol–water partition coefficient (Wildman–Crippen LogP) is -3.73. The molecule has 0 aromatic heterocycles. The number of carbonyl (C=O) groups is 2. The Kier molecular flexibility index (Phi) is 16.8. The largest absolute Gasteiger partial charge is 1.00 e. The predicted molar refractivity (Wildman–Crippen MR) is 16.4 cm³/mol. The molecule has 0 rings (SSSR count). The van der Waals surface area contributed by atoms with Gasteiger partial charge in [-0.2, -0.15) is 0 Å². The Labute approximate surface area is 105 Å². The Balaban J connectivity index is -0.0000000417. The number of aliphatic carboxylic acids is 2. The molecule has 0 saturated carbocycles. The quantitative estimate of drug-likeness (QED) is 0.327. The summed E-state index contributed by atoms with van der Waals surface area (Å²) in [5.74, 6) is -3.65. The van der Waals surface area contributed by atoms with Crippen LogP contribution in [0.2, 0.25) is 0 Å². The third-order valence-corrected chi connectivity index (χ3v) is 0.183. The summed E-state index contributed by atoms with van der Waals surface area (Å²) in [6, 6.07) is 0. The van der Waals surface area contributed by atoms with E-state index < -0.39 is 11.9 Å². The maximum atomic E-state index is 9.10. The third-order valence-electron chi connectivity index (χ3n) is 0.183. The molecule has 1 radical (unpaired) electrons. The van der Waals surface area contributed by atoms with Crippen molar-refractivity contribution in [2.24, 2.45) is 0 Å². The van der Waals surface area contributed by atoms with Crippen molar-refractivity contribution in [1.82, 2.24) is 0 Å². The second kappa shape index (κ2) is 8.32. The SMILES string of the molecule is O=C(O)C(=O)O.[H-].[K+].[Nb]. The van der Waals surface area contributed by atoms with Gasteiger partial charge in [-0.25, -0.2) is 9.59 Å². The summed E-state index contributed by atoms with van der Waals surface area (Å²) in [4.78, 5) is 18.2. The molecule has 0 spiro atoms. The monoisotopic (exact) mass is 223 g/mol. The smallest absolute Gasteiger partial charge is 1.00 e. The van der Waals surface area contributed by atoms with E-state index in [1.807, 2.05) is 0 Å². The molecule has 0 fully saturated rings. The Morgan fingerprint density at radius 3 is 1.25 bits per heavy atom. The van der Waals surface area contributed by atoms with Gasteiger partial charge in [0.2, 0.25) is 0 Å². The van der Waals surface area contributed by atoms with Crippen molar-refractivity contribution in [2.45, 2.75) is 0 Å². The van der Waals surface area contributed by atoms with Gasteiger partial charge in [-0.1, -0.05) is 0 Å². The van der Waals surface area contributed by atoms with Gasteiger partial charge in [0.25, 0.3) is 0 Å². The van der Waals surface area contributed by atoms with Crippen molar-refractivity contribution in [3.8, 4) is 0 Å². The van der Waals surface area contributed by atoms with Crippen molar-refractivity contribution in [2.75, 3.05) is 0 Å². The molecule has 0 saturated heterocycles. The van der Waals surface area contributed by atoms with Crippen molar-refractivity contribution < 1.29 is 95.0 Å². The summed E-state index contributed by atoms with van der Waals surface area (Å²) in [7, 11) is 0. The Bertz CT molecular complexity index is 84.6. The van der Waals surface area contributed by atoms with Gasteiger partial charge < -0.3 is 11.6 Å². The normalized spacial score (nSPS) is 5.50. The molecule has 0 aromatic rings. The molecule has 0 aliphatic carbocycles. The molecule has 8 heavy (non-hydrogen) atoms. The summed E-state index contributed by atoms with van der Waals surface area (Å²) in [6.45, 7) is 0. The van der Waals surface area contributed by atoms with Crippen LogP contribution in [0.3, 0.4) is 0 Å². The number of rotatable bonds is 0. The molecule has 0 aliphatic heterocycles. The number of carboxylic acids is 2. The molecule has 0 heterocycles. The van der Waals surface area contributed by atoms with Crippen LogP contribution < -0.4 is 51.4 Å². The van der Waals surface area contributed by atoms with Crippen molar-refractivity contribution in [3.63, 3.8) is 0 Å². The van der Waals surface area contributed by atoms with Crippen LogP contribution in [0.1, 0.15) is 1.43 Å². The van der Waals surface area contributed by atoms with E-state index in [1.54, 1.807) is 0 Å². The van der Waals surface area contributed by atoms with Gasteiger partial charge in [0.05, 0.1) is 0 Å². The molecular weight excluding hydrogens is 220 g/mol. The van der Waals surface area contributed by atoms with Gasteiger partial charge >= 0.3 is 63.3 Å². The van der Waals surface area contributed by atoms with Crippen LogP contribution in [0.25, 0.3) is 0 Å². The maximum absolute atomic E-state index is 9.10. The Morgan fingerprint density at radius 1 is 1.12 bits per heavy atom. The second-order valence-corrected chi connectivity index (χ2v) is 0.610. The zero-order chi connectivity index (χ0) is 5.15. The molecule has 4 nitrogen and oxygen atoms in total. The fourth-order valence-corrected chi connectivity index (χ4v) is 0. The molecule has 0 aliphatic rings. The number of hydrogen-bond donors (Lipinski definition) is 2.